The number of hydrogen-bond donors (Lipinski definition) is 3. The molecule has 2 bridgehead atoms. The summed E-state index contributed by atoms with van der Waals surface area (Å²) in [5.41, 5.74) is 3.39. The zero-order valence-electron chi connectivity index (χ0n) is 31.5. The summed E-state index contributed by atoms with van der Waals surface area (Å²) in [5, 5.41) is 16.9. The number of nitrogens with zero attached hydrogens (tertiary/aromatic N) is 3. The molecule has 5 heterocycles. The highest BCUT2D eigenvalue weighted by molar-refractivity contribution is 6.36. The fourth-order valence-corrected chi connectivity index (χ4v) is 9.46. The van der Waals surface area contributed by atoms with Crippen molar-refractivity contribution in [1.82, 2.24) is 25.5 Å². The third-order valence-electron chi connectivity index (χ3n) is 12.0. The van der Waals surface area contributed by atoms with Crippen LogP contribution in [0, 0.1) is 0 Å². The van der Waals surface area contributed by atoms with Gasteiger partial charge < -0.3 is 30.0 Å². The molecule has 0 saturated carbocycles. The first-order chi connectivity index (χ1) is 27.4. The van der Waals surface area contributed by atoms with Crippen LogP contribution < -0.4 is 24.8 Å². The van der Waals surface area contributed by atoms with E-state index in [-0.39, 0.29) is 36.0 Å². The van der Waals surface area contributed by atoms with Gasteiger partial charge in [-0.3, -0.25) is 14.5 Å². The molecule has 4 aliphatic rings. The van der Waals surface area contributed by atoms with E-state index in [1.165, 1.54) is 7.11 Å². The Labute approximate surface area is 332 Å². The fourth-order valence-electron chi connectivity index (χ4n) is 9.14. The lowest BCUT2D eigenvalue weighted by Crippen LogP contribution is -2.47. The standard InChI is InChI=1S/C42H43ClF3N5O6/c1-55-37-23(20-47-21-25-10-14-35(52)48-25)9-12-33(49-37)31-8-4-7-30(36(31)43)27-5-3-6-29-28(27)11-13-34(29)57-39-32(42(44,45)46)19-24(38(50-39)56-2)22-51-26-15-17-41(51,18-16-26)40(53)54/h3-9,12,19,25-26,34,47H,10-11,13-18,20-22H2,1-2H3,(H,48,52)(H,53,54)/t25-,26?,34-,41?/m0/s1. The molecule has 11 nitrogen and oxygen atoms in total. The molecular formula is C42H43ClF3N5O6. The lowest BCUT2D eigenvalue weighted by atomic mass is 9.88. The van der Waals surface area contributed by atoms with Crippen molar-refractivity contribution in [2.45, 2.75) is 94.4 Å². The molecular weight excluding hydrogens is 763 g/mol. The molecule has 2 aromatic carbocycles. The van der Waals surface area contributed by atoms with Gasteiger partial charge in [0, 0.05) is 60.4 Å². The molecule has 3 N–H and O–H groups in total. The normalized spacial score (nSPS) is 22.8. The molecule has 1 amide bonds. The lowest BCUT2D eigenvalue weighted by Gasteiger charge is -2.31. The van der Waals surface area contributed by atoms with E-state index in [0.29, 0.717) is 80.2 Å². The van der Waals surface area contributed by atoms with Crippen molar-refractivity contribution in [2.75, 3.05) is 20.8 Å². The Kier molecular flexibility index (Phi) is 10.5. The van der Waals surface area contributed by atoms with Crippen LogP contribution in [-0.2, 0) is 35.3 Å². The summed E-state index contributed by atoms with van der Waals surface area (Å²) in [6.45, 7) is 1.10. The van der Waals surface area contributed by atoms with Crippen LogP contribution in [0.3, 0.4) is 0 Å². The molecule has 0 spiro atoms. The minimum absolute atomic E-state index is 0.0267. The van der Waals surface area contributed by atoms with Crippen molar-refractivity contribution in [3.8, 4) is 40.0 Å². The van der Waals surface area contributed by atoms with Crippen molar-refractivity contribution >= 4 is 23.5 Å². The number of halogens is 4. The van der Waals surface area contributed by atoms with Gasteiger partial charge in [-0.05, 0) is 73.8 Å². The quantitative estimate of drug-likeness (QED) is 0.125. The molecule has 3 saturated heterocycles. The average molecular weight is 806 g/mol. The number of carbonyl (C=O) groups excluding carboxylic acids is 1. The maximum atomic E-state index is 14.7. The van der Waals surface area contributed by atoms with Gasteiger partial charge in [0.1, 0.15) is 17.2 Å². The SMILES string of the molecule is COc1nc(-c2cccc(-c3cccc4c3CC[C@@H]4Oc3nc(OC)c(CN4C5CCC4(C(=O)O)CC5)cc3C(F)(F)F)c2Cl)ccc1CNC[C@@H]1CCC(=O)N1. The van der Waals surface area contributed by atoms with Gasteiger partial charge in [-0.2, -0.15) is 18.2 Å². The third kappa shape index (κ3) is 7.27. The number of rotatable bonds is 13. The number of carboxylic acids is 1. The van der Waals surface area contributed by atoms with Crippen LogP contribution in [0.5, 0.6) is 17.6 Å². The lowest BCUT2D eigenvalue weighted by molar-refractivity contribution is -0.149. The van der Waals surface area contributed by atoms with Crippen LogP contribution in [-0.4, -0.2) is 70.2 Å². The van der Waals surface area contributed by atoms with Crippen molar-refractivity contribution in [3.05, 3.63) is 87.4 Å². The molecule has 57 heavy (non-hydrogen) atoms. The Morgan fingerprint density at radius 1 is 0.947 bits per heavy atom. The number of aromatic nitrogens is 2. The number of ether oxygens (including phenoxy) is 3. The van der Waals surface area contributed by atoms with Crippen molar-refractivity contribution in [2.24, 2.45) is 0 Å². The molecule has 15 heteroatoms. The second-order valence-electron chi connectivity index (χ2n) is 15.2. The summed E-state index contributed by atoms with van der Waals surface area (Å²) in [4.78, 5) is 34.7. The molecule has 300 valence electrons. The largest absolute Gasteiger partial charge is 0.481 e. The predicted octanol–water partition coefficient (Wildman–Crippen LogP) is 7.52. The van der Waals surface area contributed by atoms with Crippen LogP contribution in [0.15, 0.2) is 54.6 Å². The number of hydrogen-bond acceptors (Lipinski definition) is 9. The Balaban J connectivity index is 1.05. The molecule has 4 aromatic rings. The van der Waals surface area contributed by atoms with E-state index in [4.69, 9.17) is 30.8 Å². The van der Waals surface area contributed by atoms with Gasteiger partial charge in [-0.15, -0.1) is 0 Å². The molecule has 3 fully saturated rings. The van der Waals surface area contributed by atoms with Gasteiger partial charge in [0.05, 0.1) is 24.9 Å². The van der Waals surface area contributed by atoms with Gasteiger partial charge >= 0.3 is 12.1 Å². The van der Waals surface area contributed by atoms with E-state index >= 15 is 0 Å². The highest BCUT2D eigenvalue weighted by atomic mass is 35.5. The van der Waals surface area contributed by atoms with Crippen LogP contribution >= 0.6 is 11.6 Å². The highest BCUT2D eigenvalue weighted by Crippen LogP contribution is 2.50. The van der Waals surface area contributed by atoms with E-state index in [1.807, 2.05) is 48.5 Å². The Hall–Kier alpha value is -4.92. The van der Waals surface area contributed by atoms with Gasteiger partial charge in [0.15, 0.2) is 0 Å². The summed E-state index contributed by atoms with van der Waals surface area (Å²) in [7, 11) is 2.89. The number of methoxy groups -OCH3 is 2. The second kappa shape index (κ2) is 15.4. The maximum absolute atomic E-state index is 14.7. The van der Waals surface area contributed by atoms with Gasteiger partial charge in [0.25, 0.3) is 0 Å². The molecule has 2 atom stereocenters. The van der Waals surface area contributed by atoms with Crippen LogP contribution in [0.4, 0.5) is 13.2 Å². The van der Waals surface area contributed by atoms with Crippen LogP contribution in [0.25, 0.3) is 22.4 Å². The van der Waals surface area contributed by atoms with E-state index in [0.717, 1.165) is 40.3 Å². The molecule has 2 aromatic heterocycles. The second-order valence-corrected chi connectivity index (χ2v) is 15.6. The minimum atomic E-state index is -4.80. The zero-order chi connectivity index (χ0) is 40.1. The Morgan fingerprint density at radius 3 is 2.37 bits per heavy atom. The van der Waals surface area contributed by atoms with Crippen LogP contribution in [0.2, 0.25) is 5.02 Å². The topological polar surface area (TPSA) is 135 Å². The molecule has 1 aliphatic carbocycles. The summed E-state index contributed by atoms with van der Waals surface area (Å²) < 4.78 is 61.4. The Morgan fingerprint density at radius 2 is 1.67 bits per heavy atom. The van der Waals surface area contributed by atoms with Crippen molar-refractivity contribution in [1.29, 1.82) is 0 Å². The predicted molar refractivity (Wildman–Crippen MR) is 205 cm³/mol. The number of benzene rings is 2. The summed E-state index contributed by atoms with van der Waals surface area (Å²) >= 11 is 7.13. The van der Waals surface area contributed by atoms with Gasteiger partial charge in [-0.1, -0.05) is 54.1 Å². The van der Waals surface area contributed by atoms with E-state index in [1.54, 1.807) is 12.0 Å². The van der Waals surface area contributed by atoms with E-state index in [9.17, 15) is 27.9 Å². The third-order valence-corrected chi connectivity index (χ3v) is 12.4. The first kappa shape index (κ1) is 38.9. The molecule has 0 unspecified atom stereocenters. The smallest absolute Gasteiger partial charge is 0.421 e. The molecule has 0 radical (unpaired) electrons. The summed E-state index contributed by atoms with van der Waals surface area (Å²) in [6.07, 6.45) is -0.996. The monoisotopic (exact) mass is 805 g/mol. The number of alkyl halides is 3. The number of carboxylic acid groups (broad SMARTS) is 1. The van der Waals surface area contributed by atoms with E-state index in [2.05, 4.69) is 15.6 Å². The number of carbonyl (C=O) groups is 2. The number of pyridine rings is 2. The van der Waals surface area contributed by atoms with Gasteiger partial charge in [0.2, 0.25) is 23.5 Å². The average Bonchev–Trinajstić information content (AvgIpc) is 3.98. The van der Waals surface area contributed by atoms with Crippen LogP contribution in [0.1, 0.15) is 78.9 Å². The molecule has 3 aliphatic heterocycles. The summed E-state index contributed by atoms with van der Waals surface area (Å²) in [6, 6.07) is 16.2. The molecule has 8 rings (SSSR count). The first-order valence-corrected chi connectivity index (χ1v) is 19.5. The zero-order valence-corrected chi connectivity index (χ0v) is 32.3. The Bertz CT molecular complexity index is 2210. The number of fused-ring (bicyclic) bond motifs is 3. The van der Waals surface area contributed by atoms with Crippen molar-refractivity contribution < 1.29 is 42.1 Å². The number of nitrogens with one attached hydrogen (secondary N) is 2. The first-order valence-electron chi connectivity index (χ1n) is 19.2. The summed E-state index contributed by atoms with van der Waals surface area (Å²) in [5.74, 6) is -1.07. The highest BCUT2D eigenvalue weighted by Gasteiger charge is 2.56. The minimum Gasteiger partial charge on any atom is -0.481 e. The maximum Gasteiger partial charge on any atom is 0.421 e. The van der Waals surface area contributed by atoms with Crippen molar-refractivity contribution in [3.63, 3.8) is 0 Å². The van der Waals surface area contributed by atoms with Gasteiger partial charge in [-0.25, -0.2) is 4.98 Å². The van der Waals surface area contributed by atoms with E-state index < -0.39 is 35.2 Å². The number of amides is 1. The fraction of sp³-hybridized carbons (Fsp3) is 0.429. The number of aliphatic carboxylic acids is 1.